The van der Waals surface area contributed by atoms with Gasteiger partial charge in [0.2, 0.25) is 0 Å². The lowest BCUT2D eigenvalue weighted by molar-refractivity contribution is -0.135. The van der Waals surface area contributed by atoms with Crippen LogP contribution in [0.25, 0.3) is 0 Å². The molecule has 0 aromatic heterocycles. The predicted octanol–water partition coefficient (Wildman–Crippen LogP) is 5.29. The van der Waals surface area contributed by atoms with E-state index in [0.717, 1.165) is 54.8 Å². The Morgan fingerprint density at radius 2 is 1.77 bits per heavy atom. The number of aliphatic hydroxyl groups excluding tert-OH is 2. The van der Waals surface area contributed by atoms with Crippen LogP contribution in [0.3, 0.4) is 0 Å². The van der Waals surface area contributed by atoms with Gasteiger partial charge in [-0.1, -0.05) is 65.8 Å². The summed E-state index contributed by atoms with van der Waals surface area (Å²) < 4.78 is 12.5. The van der Waals surface area contributed by atoms with Gasteiger partial charge in [-0.05, 0) is 65.7 Å². The van der Waals surface area contributed by atoms with Gasteiger partial charge in [-0.15, -0.1) is 0 Å². The van der Waals surface area contributed by atoms with Crippen LogP contribution in [0.4, 0.5) is 0 Å². The minimum Gasteiger partial charge on any atom is -0.491 e. The van der Waals surface area contributed by atoms with E-state index >= 15 is 0 Å². The average Bonchev–Trinajstić information content (AvgIpc) is 3.05. The van der Waals surface area contributed by atoms with Crippen molar-refractivity contribution < 1.29 is 29.6 Å². The molecular weight excluding hydrogens is 494 g/mol. The Morgan fingerprint density at radius 1 is 1.08 bits per heavy atom. The van der Waals surface area contributed by atoms with Gasteiger partial charge >= 0.3 is 5.97 Å². The van der Waals surface area contributed by atoms with Gasteiger partial charge in [0.25, 0.3) is 0 Å². The third-order valence-corrected chi connectivity index (χ3v) is 7.47. The van der Waals surface area contributed by atoms with Crippen LogP contribution in [0.1, 0.15) is 65.5 Å². The lowest BCUT2D eigenvalue weighted by atomic mass is 9.72. The summed E-state index contributed by atoms with van der Waals surface area (Å²) in [4.78, 5) is 10.9. The summed E-state index contributed by atoms with van der Waals surface area (Å²) in [5, 5.41) is 29.3. The number of carboxylic acids is 1. The molecule has 2 unspecified atom stereocenters. The molecule has 0 amide bonds. The van der Waals surface area contributed by atoms with Crippen LogP contribution in [-0.4, -0.2) is 54.2 Å². The van der Waals surface area contributed by atoms with Crippen molar-refractivity contribution in [3.63, 3.8) is 0 Å². The lowest BCUT2D eigenvalue weighted by Crippen LogP contribution is -2.32. The number of hydrogen-bond donors (Lipinski definition) is 4. The Bertz CT molecular complexity index is 1090. The number of benzene rings is 1. The number of carboxylic acid groups (broad SMARTS) is 1. The Morgan fingerprint density at radius 3 is 2.36 bits per heavy atom. The highest BCUT2D eigenvalue weighted by molar-refractivity contribution is 5.69. The summed E-state index contributed by atoms with van der Waals surface area (Å²) in [6, 6.07) is 6.40. The third kappa shape index (κ3) is 8.31. The van der Waals surface area contributed by atoms with E-state index in [1.165, 1.54) is 5.56 Å². The molecule has 1 aliphatic carbocycles. The zero-order valence-corrected chi connectivity index (χ0v) is 24.6. The fourth-order valence-electron chi connectivity index (χ4n) is 4.84. The number of rotatable bonds is 12. The molecule has 1 aliphatic heterocycles. The molecule has 3 rings (SSSR count). The zero-order chi connectivity index (χ0) is 29.2. The number of aliphatic hydroxyl groups is 2. The molecule has 0 saturated heterocycles. The highest BCUT2D eigenvalue weighted by atomic mass is 16.5. The van der Waals surface area contributed by atoms with E-state index < -0.39 is 12.1 Å². The number of aliphatic carboxylic acids is 1. The number of fused-ring (bicyclic) bond motifs is 1. The normalized spacial score (nSPS) is 17.5. The van der Waals surface area contributed by atoms with Gasteiger partial charge in [0.05, 0.1) is 18.1 Å². The van der Waals surface area contributed by atoms with Gasteiger partial charge in [0.15, 0.2) is 0 Å². The highest BCUT2D eigenvalue weighted by Gasteiger charge is 2.37. The number of aryl methyl sites for hydroxylation is 1. The molecule has 0 saturated carbocycles. The molecule has 4 N–H and O–H groups in total. The molecule has 216 valence electrons. The summed E-state index contributed by atoms with van der Waals surface area (Å²) in [6.45, 7) is 13.2. The quantitative estimate of drug-likeness (QED) is 0.285. The number of hydrogen-bond acceptors (Lipinski definition) is 6. The van der Waals surface area contributed by atoms with Crippen molar-refractivity contribution >= 4 is 5.97 Å². The first-order valence-electron chi connectivity index (χ1n) is 13.8. The summed E-state index contributed by atoms with van der Waals surface area (Å²) >= 11 is 0. The van der Waals surface area contributed by atoms with E-state index in [0.29, 0.717) is 6.54 Å². The van der Waals surface area contributed by atoms with Crippen molar-refractivity contribution in [3.05, 3.63) is 76.8 Å². The lowest BCUT2D eigenvalue weighted by Gasteiger charge is -2.37. The molecule has 1 aromatic carbocycles. The van der Waals surface area contributed by atoms with Gasteiger partial charge in [-0.25, -0.2) is 0 Å². The van der Waals surface area contributed by atoms with E-state index in [2.05, 4.69) is 56.4 Å². The molecule has 2 bridgehead atoms. The molecule has 0 radical (unpaired) electrons. The van der Waals surface area contributed by atoms with Crippen LogP contribution < -0.4 is 10.1 Å². The monoisotopic (exact) mass is 541 g/mol. The van der Waals surface area contributed by atoms with Gasteiger partial charge in [0, 0.05) is 19.6 Å². The number of carbonyl (C=O) groups is 1. The van der Waals surface area contributed by atoms with E-state index in [-0.39, 0.29) is 29.9 Å². The first-order valence-corrected chi connectivity index (χ1v) is 13.8. The van der Waals surface area contributed by atoms with E-state index in [9.17, 15) is 9.90 Å². The Labute approximate surface area is 233 Å². The molecule has 2 aliphatic rings. The van der Waals surface area contributed by atoms with Gasteiger partial charge < -0.3 is 30.1 Å². The molecule has 1 heterocycles. The molecule has 39 heavy (non-hydrogen) atoms. The van der Waals surface area contributed by atoms with Crippen molar-refractivity contribution in [2.24, 2.45) is 11.3 Å². The topological polar surface area (TPSA) is 108 Å². The van der Waals surface area contributed by atoms with E-state index in [1.807, 2.05) is 39.0 Å². The molecular formula is C32H47NO6. The Balaban J connectivity index is 0.00000260. The minimum absolute atomic E-state index is 0.0694. The van der Waals surface area contributed by atoms with Crippen LogP contribution in [0, 0.1) is 11.3 Å². The van der Waals surface area contributed by atoms with Crippen molar-refractivity contribution in [3.8, 4) is 5.75 Å². The fraction of sp³-hybridized carbons (Fsp3) is 0.531. The number of nitrogens with one attached hydrogen (secondary N) is 1. The second-order valence-corrected chi connectivity index (χ2v) is 11.0. The van der Waals surface area contributed by atoms with Crippen LogP contribution in [-0.2, 0) is 21.4 Å². The minimum atomic E-state index is -0.868. The summed E-state index contributed by atoms with van der Waals surface area (Å²) in [5.74, 6) is 1.77. The molecule has 1 aromatic rings. The van der Waals surface area contributed by atoms with Crippen LogP contribution in [0.2, 0.25) is 0 Å². The zero-order valence-electron chi connectivity index (χ0n) is 24.6. The van der Waals surface area contributed by atoms with Crippen LogP contribution in [0.5, 0.6) is 5.75 Å². The summed E-state index contributed by atoms with van der Waals surface area (Å²) in [5.41, 5.74) is 2.81. The number of ether oxygens (including phenoxy) is 2. The average molecular weight is 542 g/mol. The van der Waals surface area contributed by atoms with Gasteiger partial charge in [0.1, 0.15) is 23.9 Å². The van der Waals surface area contributed by atoms with Crippen molar-refractivity contribution in [2.75, 3.05) is 26.8 Å². The smallest absolute Gasteiger partial charge is 0.317 e. The summed E-state index contributed by atoms with van der Waals surface area (Å²) in [7, 11) is 1.00. The van der Waals surface area contributed by atoms with Crippen LogP contribution >= 0.6 is 0 Å². The van der Waals surface area contributed by atoms with E-state index in [1.54, 1.807) is 0 Å². The first-order chi connectivity index (χ1) is 18.5. The number of allylic oxidation sites excluding steroid dienone is 5. The standard InChI is InChI=1S/C31H43NO5.CH4O/c1-7-23-17-24(11-13-26(23)36-20-27(33)30(4,5)6)31(8-2,9-3)28-16-22-14-21(18-32-19-29(34)35)10-12-25(15-22)37-28;1-2/h10-17,22,27,32-33H,7-9,18-20H2,1-6H3,(H,34,35);2H,1H3. The van der Waals surface area contributed by atoms with E-state index in [4.69, 9.17) is 19.7 Å². The second kappa shape index (κ2) is 14.5. The predicted molar refractivity (Wildman–Crippen MR) is 156 cm³/mol. The molecule has 0 spiro atoms. The van der Waals surface area contributed by atoms with Crippen LogP contribution in [0.15, 0.2) is 65.7 Å². The first kappa shape index (κ1) is 32.3. The maximum Gasteiger partial charge on any atom is 0.317 e. The molecule has 0 fully saturated rings. The molecule has 7 nitrogen and oxygen atoms in total. The Kier molecular flexibility index (Phi) is 12.0. The summed E-state index contributed by atoms with van der Waals surface area (Å²) in [6.07, 6.45) is 12.4. The second-order valence-electron chi connectivity index (χ2n) is 11.0. The third-order valence-electron chi connectivity index (χ3n) is 7.47. The fourth-order valence-corrected chi connectivity index (χ4v) is 4.84. The molecule has 7 heteroatoms. The van der Waals surface area contributed by atoms with Gasteiger partial charge in [-0.3, -0.25) is 4.79 Å². The van der Waals surface area contributed by atoms with Crippen molar-refractivity contribution in [1.82, 2.24) is 5.32 Å². The molecule has 2 atom stereocenters. The Hall–Kier alpha value is -2.87. The maximum atomic E-state index is 10.9. The maximum absolute atomic E-state index is 10.9. The van der Waals surface area contributed by atoms with Gasteiger partial charge in [-0.2, -0.15) is 0 Å². The van der Waals surface area contributed by atoms with Crippen molar-refractivity contribution in [1.29, 1.82) is 0 Å². The van der Waals surface area contributed by atoms with Crippen molar-refractivity contribution in [2.45, 2.75) is 72.3 Å². The SMILES string of the molecule is CCc1cc(C(CC)(CC)C2=CC3C=C(CNCC(=O)O)C=CC(=C3)O2)ccc1OCC(O)C(C)(C)C.CO. The largest absolute Gasteiger partial charge is 0.491 e. The highest BCUT2D eigenvalue weighted by Crippen LogP contribution is 2.44.